The fourth-order valence-corrected chi connectivity index (χ4v) is 2.24. The van der Waals surface area contributed by atoms with Crippen LogP contribution in [0.15, 0.2) is 23.0 Å². The number of carbonyl (C=O) groups excluding carboxylic acids is 1. The van der Waals surface area contributed by atoms with Crippen molar-refractivity contribution in [3.8, 4) is 0 Å². The maximum atomic E-state index is 12.0. The summed E-state index contributed by atoms with van der Waals surface area (Å²) in [6, 6.07) is 5.94. The summed E-state index contributed by atoms with van der Waals surface area (Å²) in [6.07, 6.45) is 0.269. The van der Waals surface area contributed by atoms with Gasteiger partial charge in [-0.1, -0.05) is 12.1 Å². The Morgan fingerprint density at radius 2 is 1.95 bits per heavy atom. The number of nitrogens with one attached hydrogen (secondary N) is 2. The Hall–Kier alpha value is -2.30. The first-order valence-electron chi connectivity index (χ1n) is 7.01. The monoisotopic (exact) mass is 287 g/mol. The molecule has 1 aromatic carbocycles. The summed E-state index contributed by atoms with van der Waals surface area (Å²) in [7, 11) is 0. The van der Waals surface area contributed by atoms with Crippen LogP contribution in [-0.4, -0.2) is 15.5 Å². The SMILES string of the molecule is Cc1ccc(C)c(NC(=O)CCn2c(C)c(C)[nH]c2=O)c1. The zero-order valence-corrected chi connectivity index (χ0v) is 12.9. The van der Waals surface area contributed by atoms with Gasteiger partial charge in [0.25, 0.3) is 0 Å². The van der Waals surface area contributed by atoms with E-state index in [1.54, 1.807) is 4.57 Å². The molecule has 1 aromatic heterocycles. The standard InChI is InChI=1S/C16H21N3O2/c1-10-5-6-11(2)14(9-10)18-15(20)7-8-19-13(4)12(3)17-16(19)21/h5-6,9H,7-8H2,1-4H3,(H,17,21)(H,18,20). The van der Waals surface area contributed by atoms with E-state index in [4.69, 9.17) is 0 Å². The van der Waals surface area contributed by atoms with E-state index < -0.39 is 0 Å². The van der Waals surface area contributed by atoms with Gasteiger partial charge in [0.2, 0.25) is 5.91 Å². The lowest BCUT2D eigenvalue weighted by Gasteiger charge is -2.10. The van der Waals surface area contributed by atoms with Crippen molar-refractivity contribution in [3.05, 3.63) is 51.2 Å². The van der Waals surface area contributed by atoms with Gasteiger partial charge in [0.1, 0.15) is 0 Å². The number of aromatic nitrogens is 2. The number of hydrogen-bond donors (Lipinski definition) is 2. The van der Waals surface area contributed by atoms with Crippen LogP contribution in [-0.2, 0) is 11.3 Å². The first kappa shape index (κ1) is 15.1. The van der Waals surface area contributed by atoms with Crippen LogP contribution in [0.3, 0.4) is 0 Å². The van der Waals surface area contributed by atoms with E-state index in [0.717, 1.165) is 28.2 Å². The summed E-state index contributed by atoms with van der Waals surface area (Å²) in [5, 5.41) is 2.90. The normalized spacial score (nSPS) is 10.7. The van der Waals surface area contributed by atoms with Gasteiger partial charge in [0.15, 0.2) is 0 Å². The Morgan fingerprint density at radius 3 is 2.57 bits per heavy atom. The van der Waals surface area contributed by atoms with Crippen LogP contribution >= 0.6 is 0 Å². The molecule has 0 saturated heterocycles. The quantitative estimate of drug-likeness (QED) is 0.907. The highest BCUT2D eigenvalue weighted by Crippen LogP contribution is 2.16. The molecule has 21 heavy (non-hydrogen) atoms. The molecule has 112 valence electrons. The lowest BCUT2D eigenvalue weighted by Crippen LogP contribution is -2.22. The molecule has 5 heteroatoms. The third-order valence-corrected chi connectivity index (χ3v) is 3.72. The largest absolute Gasteiger partial charge is 0.326 e. The number of aromatic amines is 1. The number of aryl methyl sites for hydroxylation is 3. The fraction of sp³-hybridized carbons (Fsp3) is 0.375. The summed E-state index contributed by atoms with van der Waals surface area (Å²) >= 11 is 0. The molecule has 0 aliphatic carbocycles. The summed E-state index contributed by atoms with van der Waals surface area (Å²) < 4.78 is 1.60. The zero-order valence-electron chi connectivity index (χ0n) is 12.9. The van der Waals surface area contributed by atoms with Crippen molar-refractivity contribution in [1.29, 1.82) is 0 Å². The Balaban J connectivity index is 2.02. The molecular weight excluding hydrogens is 266 g/mol. The molecular formula is C16H21N3O2. The summed E-state index contributed by atoms with van der Waals surface area (Å²) in [4.78, 5) is 26.5. The number of imidazole rings is 1. The van der Waals surface area contributed by atoms with E-state index in [9.17, 15) is 9.59 Å². The van der Waals surface area contributed by atoms with Crippen LogP contribution in [0.25, 0.3) is 0 Å². The van der Waals surface area contributed by atoms with E-state index in [-0.39, 0.29) is 18.0 Å². The minimum absolute atomic E-state index is 0.0890. The van der Waals surface area contributed by atoms with Gasteiger partial charge in [-0.2, -0.15) is 0 Å². The number of rotatable bonds is 4. The van der Waals surface area contributed by atoms with Gasteiger partial charge in [-0.25, -0.2) is 4.79 Å². The Morgan fingerprint density at radius 1 is 1.24 bits per heavy atom. The average molecular weight is 287 g/mol. The van der Waals surface area contributed by atoms with Gasteiger partial charge >= 0.3 is 5.69 Å². The van der Waals surface area contributed by atoms with Crippen molar-refractivity contribution in [3.63, 3.8) is 0 Å². The van der Waals surface area contributed by atoms with Crippen LogP contribution in [0.4, 0.5) is 5.69 Å². The van der Waals surface area contributed by atoms with Crippen molar-refractivity contribution in [2.75, 3.05) is 5.32 Å². The molecule has 0 saturated carbocycles. The second kappa shape index (κ2) is 5.99. The summed E-state index contributed by atoms with van der Waals surface area (Å²) in [6.45, 7) is 8.05. The van der Waals surface area contributed by atoms with Crippen molar-refractivity contribution < 1.29 is 4.79 Å². The molecule has 2 aromatic rings. The second-order valence-electron chi connectivity index (χ2n) is 5.41. The molecule has 0 aliphatic rings. The molecule has 0 atom stereocenters. The van der Waals surface area contributed by atoms with Crippen molar-refractivity contribution in [2.45, 2.75) is 40.7 Å². The third kappa shape index (κ3) is 3.42. The molecule has 0 aliphatic heterocycles. The van der Waals surface area contributed by atoms with E-state index in [0.29, 0.717) is 6.54 Å². The summed E-state index contributed by atoms with van der Waals surface area (Å²) in [5.74, 6) is -0.0890. The Labute approximate surface area is 124 Å². The molecule has 1 heterocycles. The first-order valence-corrected chi connectivity index (χ1v) is 7.01. The van der Waals surface area contributed by atoms with Crippen LogP contribution < -0.4 is 11.0 Å². The van der Waals surface area contributed by atoms with Gasteiger partial charge in [-0.3, -0.25) is 9.36 Å². The minimum Gasteiger partial charge on any atom is -0.326 e. The summed E-state index contributed by atoms with van der Waals surface area (Å²) in [5.41, 5.74) is 4.51. The smallest absolute Gasteiger partial charge is 0.325 e. The van der Waals surface area contributed by atoms with Gasteiger partial charge in [-0.15, -0.1) is 0 Å². The minimum atomic E-state index is -0.162. The van der Waals surface area contributed by atoms with E-state index >= 15 is 0 Å². The van der Waals surface area contributed by atoms with Crippen molar-refractivity contribution in [2.24, 2.45) is 0 Å². The molecule has 1 amide bonds. The average Bonchev–Trinajstić information content (AvgIpc) is 2.66. The number of anilines is 1. The van der Waals surface area contributed by atoms with Crippen LogP contribution in [0.1, 0.15) is 28.9 Å². The van der Waals surface area contributed by atoms with Crippen LogP contribution in [0, 0.1) is 27.7 Å². The maximum Gasteiger partial charge on any atom is 0.325 e. The van der Waals surface area contributed by atoms with Gasteiger partial charge in [-0.05, 0) is 44.9 Å². The number of H-pyrrole nitrogens is 1. The molecule has 0 spiro atoms. The molecule has 5 nitrogen and oxygen atoms in total. The first-order chi connectivity index (χ1) is 9.88. The molecule has 2 N–H and O–H groups in total. The van der Waals surface area contributed by atoms with Crippen LogP contribution in [0.5, 0.6) is 0 Å². The zero-order chi connectivity index (χ0) is 15.6. The highest BCUT2D eigenvalue weighted by atomic mass is 16.2. The highest BCUT2D eigenvalue weighted by Gasteiger charge is 2.10. The van der Waals surface area contributed by atoms with Gasteiger partial charge in [0.05, 0.1) is 0 Å². The molecule has 0 radical (unpaired) electrons. The topological polar surface area (TPSA) is 66.9 Å². The Bertz CT molecular complexity index is 726. The molecule has 0 bridgehead atoms. The van der Waals surface area contributed by atoms with E-state index in [1.807, 2.05) is 45.9 Å². The predicted molar refractivity (Wildman–Crippen MR) is 83.7 cm³/mol. The lowest BCUT2D eigenvalue weighted by atomic mass is 10.1. The number of carbonyl (C=O) groups is 1. The lowest BCUT2D eigenvalue weighted by molar-refractivity contribution is -0.116. The second-order valence-corrected chi connectivity index (χ2v) is 5.41. The maximum absolute atomic E-state index is 12.0. The number of amides is 1. The number of benzene rings is 1. The number of hydrogen-bond acceptors (Lipinski definition) is 2. The van der Waals surface area contributed by atoms with E-state index in [2.05, 4.69) is 10.3 Å². The Kier molecular flexibility index (Phi) is 4.31. The van der Waals surface area contributed by atoms with Gasteiger partial charge < -0.3 is 10.3 Å². The van der Waals surface area contributed by atoms with Crippen LogP contribution in [0.2, 0.25) is 0 Å². The highest BCUT2D eigenvalue weighted by molar-refractivity contribution is 5.91. The predicted octanol–water partition coefficient (Wildman–Crippen LogP) is 2.44. The number of nitrogens with zero attached hydrogens (tertiary/aromatic N) is 1. The van der Waals surface area contributed by atoms with Gasteiger partial charge in [0, 0.05) is 30.0 Å². The van der Waals surface area contributed by atoms with Crippen molar-refractivity contribution in [1.82, 2.24) is 9.55 Å². The molecule has 2 rings (SSSR count). The molecule has 0 unspecified atom stereocenters. The van der Waals surface area contributed by atoms with Crippen molar-refractivity contribution >= 4 is 11.6 Å². The fourth-order valence-electron chi connectivity index (χ4n) is 2.24. The van der Waals surface area contributed by atoms with E-state index in [1.165, 1.54) is 0 Å². The molecule has 0 fully saturated rings. The third-order valence-electron chi connectivity index (χ3n) is 3.72.